The van der Waals surface area contributed by atoms with Gasteiger partial charge in [0.25, 0.3) is 0 Å². The lowest BCUT2D eigenvalue weighted by Crippen LogP contribution is -2.02. The Morgan fingerprint density at radius 2 is 1.67 bits per heavy atom. The van der Waals surface area contributed by atoms with Crippen LogP contribution in [0.25, 0.3) is 0 Å². The van der Waals surface area contributed by atoms with Crippen molar-refractivity contribution in [3.05, 3.63) is 65.7 Å². The van der Waals surface area contributed by atoms with Gasteiger partial charge >= 0.3 is 0 Å². The van der Waals surface area contributed by atoms with Crippen molar-refractivity contribution in [3.8, 4) is 0 Å². The maximum absolute atomic E-state index is 11.9. The van der Waals surface area contributed by atoms with Gasteiger partial charge in [-0.25, -0.2) is 4.21 Å². The molecule has 0 bridgehead atoms. The van der Waals surface area contributed by atoms with Crippen LogP contribution in [-0.4, -0.2) is 10.8 Å². The Morgan fingerprint density at radius 1 is 1.00 bits per heavy atom. The minimum absolute atomic E-state index is 0.451. The van der Waals surface area contributed by atoms with E-state index < -0.39 is 11.1 Å². The molecule has 0 spiro atoms. The van der Waals surface area contributed by atoms with E-state index in [1.807, 2.05) is 49.4 Å². The van der Waals surface area contributed by atoms with Crippen LogP contribution in [0.2, 0.25) is 0 Å². The van der Waals surface area contributed by atoms with Gasteiger partial charge in [-0.15, -0.1) is 0 Å². The van der Waals surface area contributed by atoms with Crippen LogP contribution in [0.4, 0.5) is 0 Å². The molecule has 2 rings (SSSR count). The minimum Gasteiger partial charge on any atom is -0.287 e. The van der Waals surface area contributed by atoms with Crippen molar-refractivity contribution >= 4 is 11.1 Å². The molecular formula is C15H16O2S. The van der Waals surface area contributed by atoms with E-state index in [4.69, 9.17) is 4.18 Å². The van der Waals surface area contributed by atoms with Gasteiger partial charge in [0.2, 0.25) is 0 Å². The first-order valence-electron chi connectivity index (χ1n) is 5.98. The number of hydrogen-bond donors (Lipinski definition) is 0. The van der Waals surface area contributed by atoms with Gasteiger partial charge in [0.1, 0.15) is 0 Å². The Kier molecular flexibility index (Phi) is 4.67. The van der Waals surface area contributed by atoms with E-state index in [0.717, 1.165) is 16.9 Å². The summed E-state index contributed by atoms with van der Waals surface area (Å²) < 4.78 is 17.1. The van der Waals surface area contributed by atoms with Gasteiger partial charge in [-0.05, 0) is 30.5 Å². The highest BCUT2D eigenvalue weighted by Crippen LogP contribution is 2.18. The largest absolute Gasteiger partial charge is 0.287 e. The second-order valence-corrected chi connectivity index (χ2v) is 5.06. The molecule has 2 nitrogen and oxygen atoms in total. The highest BCUT2D eigenvalue weighted by atomic mass is 32.2. The molecule has 2 aromatic carbocycles. The number of hydrogen-bond acceptors (Lipinski definition) is 2. The van der Waals surface area contributed by atoms with Crippen molar-refractivity contribution in [2.45, 2.75) is 18.2 Å². The van der Waals surface area contributed by atoms with Crippen LogP contribution in [-0.2, 0) is 21.7 Å². The summed E-state index contributed by atoms with van der Waals surface area (Å²) in [5.74, 6) is 0. The van der Waals surface area contributed by atoms with E-state index in [2.05, 4.69) is 12.1 Å². The fourth-order valence-electron chi connectivity index (χ4n) is 1.80. The smallest absolute Gasteiger partial charge is 0.189 e. The van der Waals surface area contributed by atoms with E-state index in [-0.39, 0.29) is 0 Å². The lowest BCUT2D eigenvalue weighted by Gasteiger charge is -2.08. The third-order valence-corrected chi connectivity index (χ3v) is 3.82. The summed E-state index contributed by atoms with van der Waals surface area (Å²) in [7, 11) is 0. The van der Waals surface area contributed by atoms with E-state index >= 15 is 0 Å². The van der Waals surface area contributed by atoms with Crippen LogP contribution in [0, 0.1) is 0 Å². The summed E-state index contributed by atoms with van der Waals surface area (Å²) in [4.78, 5) is 0.767. The zero-order valence-corrected chi connectivity index (χ0v) is 11.2. The summed E-state index contributed by atoms with van der Waals surface area (Å²) >= 11 is -1.37. The molecule has 0 aliphatic heterocycles. The van der Waals surface area contributed by atoms with Gasteiger partial charge in [0, 0.05) is 0 Å². The molecule has 3 heteroatoms. The van der Waals surface area contributed by atoms with Crippen molar-refractivity contribution in [3.63, 3.8) is 0 Å². The van der Waals surface area contributed by atoms with Crippen LogP contribution in [0.15, 0.2) is 59.5 Å². The molecule has 0 aliphatic carbocycles. The van der Waals surface area contributed by atoms with Crippen molar-refractivity contribution in [2.75, 3.05) is 6.61 Å². The number of rotatable bonds is 5. The Bertz CT molecular complexity index is 523. The topological polar surface area (TPSA) is 26.3 Å². The first kappa shape index (κ1) is 13.0. The molecule has 0 aromatic heterocycles. The van der Waals surface area contributed by atoms with Crippen molar-refractivity contribution in [2.24, 2.45) is 0 Å². The van der Waals surface area contributed by atoms with Crippen LogP contribution in [0.3, 0.4) is 0 Å². The molecule has 0 amide bonds. The standard InChI is InChI=1S/C15H16O2S/c1-2-17-18(16)15-11-7-6-10-14(15)12-13-8-4-3-5-9-13/h3-11H,2,12H2,1H3. The average Bonchev–Trinajstić information content (AvgIpc) is 2.41. The third kappa shape index (κ3) is 3.28. The molecule has 18 heavy (non-hydrogen) atoms. The van der Waals surface area contributed by atoms with Gasteiger partial charge in [-0.3, -0.25) is 4.18 Å². The average molecular weight is 260 g/mol. The lowest BCUT2D eigenvalue weighted by molar-refractivity contribution is 0.371. The molecule has 1 atom stereocenters. The fraction of sp³-hybridized carbons (Fsp3) is 0.200. The Balaban J connectivity index is 2.25. The van der Waals surface area contributed by atoms with E-state index in [9.17, 15) is 4.21 Å². The van der Waals surface area contributed by atoms with E-state index in [0.29, 0.717) is 6.61 Å². The van der Waals surface area contributed by atoms with Gasteiger partial charge < -0.3 is 0 Å². The molecule has 0 aliphatic rings. The van der Waals surface area contributed by atoms with Crippen LogP contribution in [0.5, 0.6) is 0 Å². The third-order valence-electron chi connectivity index (χ3n) is 2.61. The Morgan fingerprint density at radius 3 is 2.39 bits per heavy atom. The summed E-state index contributed by atoms with van der Waals surface area (Å²) in [6, 6.07) is 17.9. The molecule has 0 radical (unpaired) electrons. The van der Waals surface area contributed by atoms with Gasteiger partial charge in [0.15, 0.2) is 11.1 Å². The zero-order chi connectivity index (χ0) is 12.8. The van der Waals surface area contributed by atoms with Gasteiger partial charge in [0.05, 0.1) is 11.5 Å². The molecule has 0 heterocycles. The van der Waals surface area contributed by atoms with E-state index in [1.165, 1.54) is 5.56 Å². The maximum Gasteiger partial charge on any atom is 0.189 e. The first-order chi connectivity index (χ1) is 8.81. The minimum atomic E-state index is -1.37. The normalized spacial score (nSPS) is 12.3. The predicted octanol–water partition coefficient (Wildman–Crippen LogP) is 3.34. The quantitative estimate of drug-likeness (QED) is 0.824. The molecule has 0 saturated carbocycles. The van der Waals surface area contributed by atoms with Gasteiger partial charge in [-0.1, -0.05) is 48.5 Å². The first-order valence-corrected chi connectivity index (χ1v) is 7.05. The Labute approximate surface area is 110 Å². The zero-order valence-electron chi connectivity index (χ0n) is 10.3. The second kappa shape index (κ2) is 6.47. The van der Waals surface area contributed by atoms with Crippen molar-refractivity contribution in [1.82, 2.24) is 0 Å². The predicted molar refractivity (Wildman–Crippen MR) is 73.7 cm³/mol. The lowest BCUT2D eigenvalue weighted by atomic mass is 10.1. The summed E-state index contributed by atoms with van der Waals surface area (Å²) in [6.07, 6.45) is 0.774. The summed E-state index contributed by atoms with van der Waals surface area (Å²) in [6.45, 7) is 2.30. The van der Waals surface area contributed by atoms with Crippen molar-refractivity contribution in [1.29, 1.82) is 0 Å². The molecule has 0 fully saturated rings. The second-order valence-electron chi connectivity index (χ2n) is 3.91. The number of benzene rings is 2. The highest BCUT2D eigenvalue weighted by Gasteiger charge is 2.09. The SMILES string of the molecule is CCOS(=O)c1ccccc1Cc1ccccc1. The highest BCUT2D eigenvalue weighted by molar-refractivity contribution is 7.80. The molecule has 2 aromatic rings. The van der Waals surface area contributed by atoms with E-state index in [1.54, 1.807) is 0 Å². The summed E-state index contributed by atoms with van der Waals surface area (Å²) in [5, 5.41) is 0. The van der Waals surface area contributed by atoms with Gasteiger partial charge in [-0.2, -0.15) is 0 Å². The van der Waals surface area contributed by atoms with Crippen LogP contribution in [0.1, 0.15) is 18.1 Å². The molecule has 0 N–H and O–H groups in total. The summed E-state index contributed by atoms with van der Waals surface area (Å²) in [5.41, 5.74) is 2.26. The molecule has 1 unspecified atom stereocenters. The monoisotopic (exact) mass is 260 g/mol. The van der Waals surface area contributed by atoms with Crippen molar-refractivity contribution < 1.29 is 8.39 Å². The van der Waals surface area contributed by atoms with Crippen LogP contribution >= 0.6 is 0 Å². The molecule has 94 valence electrons. The van der Waals surface area contributed by atoms with Crippen LogP contribution < -0.4 is 0 Å². The molecule has 0 saturated heterocycles. The Hall–Kier alpha value is -1.45. The fourth-order valence-corrected chi connectivity index (χ4v) is 2.68. The maximum atomic E-state index is 11.9. The molecular weight excluding hydrogens is 244 g/mol.